The Morgan fingerprint density at radius 1 is 1.09 bits per heavy atom. The Morgan fingerprint density at radius 3 is 2.13 bits per heavy atom. The maximum Gasteiger partial charge on any atom is 0.410 e. The van der Waals surface area contributed by atoms with E-state index in [9.17, 15) is 14.7 Å². The Balaban J connectivity index is 1.82. The topological polar surface area (TPSA) is 72.9 Å². The van der Waals surface area contributed by atoms with Crippen LogP contribution in [0.25, 0.3) is 0 Å². The third-order valence-corrected chi connectivity index (χ3v) is 3.62. The van der Waals surface area contributed by atoms with E-state index in [0.717, 1.165) is 25.2 Å². The molecule has 1 aliphatic rings. The molecule has 126 valence electrons. The predicted octanol–water partition coefficient (Wildman–Crippen LogP) is 1.10. The zero-order valence-electron chi connectivity index (χ0n) is 13.9. The van der Waals surface area contributed by atoms with Crippen molar-refractivity contribution in [1.82, 2.24) is 9.80 Å². The Bertz CT molecular complexity index is 555. The fourth-order valence-electron chi connectivity index (χ4n) is 2.42. The number of carboxylic acid groups (broad SMARTS) is 1. The van der Waals surface area contributed by atoms with E-state index in [-0.39, 0.29) is 11.7 Å². The van der Waals surface area contributed by atoms with E-state index in [1.807, 2.05) is 20.8 Å². The first kappa shape index (κ1) is 17.3. The van der Waals surface area contributed by atoms with Gasteiger partial charge in [0.15, 0.2) is 0 Å². The SMILES string of the molecule is CC(C)(C)OC(=O)N1CCN(Cc2ccc(C(=O)[O-])cc2)CC1. The van der Waals surface area contributed by atoms with E-state index in [2.05, 4.69) is 4.90 Å². The molecule has 6 nitrogen and oxygen atoms in total. The molecule has 0 radical (unpaired) electrons. The van der Waals surface area contributed by atoms with Gasteiger partial charge in [0.25, 0.3) is 0 Å². The minimum Gasteiger partial charge on any atom is -0.545 e. The number of amides is 1. The Morgan fingerprint density at radius 2 is 1.65 bits per heavy atom. The van der Waals surface area contributed by atoms with Gasteiger partial charge >= 0.3 is 6.09 Å². The molecular formula is C17H23N2O4-. The number of aromatic carboxylic acids is 1. The van der Waals surface area contributed by atoms with Crippen molar-refractivity contribution < 1.29 is 19.4 Å². The van der Waals surface area contributed by atoms with Crippen molar-refractivity contribution >= 4 is 12.1 Å². The van der Waals surface area contributed by atoms with Gasteiger partial charge in [0.2, 0.25) is 0 Å². The largest absolute Gasteiger partial charge is 0.545 e. The molecule has 0 unspecified atom stereocenters. The van der Waals surface area contributed by atoms with E-state index >= 15 is 0 Å². The average molecular weight is 319 g/mol. The van der Waals surface area contributed by atoms with Crippen LogP contribution in [0.4, 0.5) is 4.79 Å². The monoisotopic (exact) mass is 319 g/mol. The lowest BCUT2D eigenvalue weighted by Crippen LogP contribution is -2.49. The van der Waals surface area contributed by atoms with Gasteiger partial charge in [0.05, 0.1) is 5.97 Å². The third kappa shape index (κ3) is 5.25. The number of rotatable bonds is 3. The molecule has 1 fully saturated rings. The highest BCUT2D eigenvalue weighted by molar-refractivity contribution is 5.85. The number of hydrogen-bond donors (Lipinski definition) is 0. The van der Waals surface area contributed by atoms with E-state index in [1.165, 1.54) is 0 Å². The molecule has 6 heteroatoms. The lowest BCUT2D eigenvalue weighted by molar-refractivity contribution is -0.255. The van der Waals surface area contributed by atoms with Crippen molar-refractivity contribution in [1.29, 1.82) is 0 Å². The van der Waals surface area contributed by atoms with Crippen molar-refractivity contribution in [3.05, 3.63) is 35.4 Å². The molecule has 0 atom stereocenters. The number of hydrogen-bond acceptors (Lipinski definition) is 5. The summed E-state index contributed by atoms with van der Waals surface area (Å²) >= 11 is 0. The summed E-state index contributed by atoms with van der Waals surface area (Å²) in [6, 6.07) is 6.71. The van der Waals surface area contributed by atoms with Crippen molar-refractivity contribution in [3.8, 4) is 0 Å². The highest BCUT2D eigenvalue weighted by atomic mass is 16.6. The summed E-state index contributed by atoms with van der Waals surface area (Å²) in [6.45, 7) is 9.10. The highest BCUT2D eigenvalue weighted by Crippen LogP contribution is 2.13. The fourth-order valence-corrected chi connectivity index (χ4v) is 2.42. The van der Waals surface area contributed by atoms with Crippen LogP contribution in [0.1, 0.15) is 36.7 Å². The number of carbonyl (C=O) groups is 2. The van der Waals surface area contributed by atoms with Crippen LogP contribution in [0, 0.1) is 0 Å². The van der Waals surface area contributed by atoms with Crippen LogP contribution < -0.4 is 5.11 Å². The minimum atomic E-state index is -1.16. The van der Waals surface area contributed by atoms with Crippen LogP contribution in [0.5, 0.6) is 0 Å². The molecule has 0 saturated carbocycles. The van der Waals surface area contributed by atoms with E-state index in [4.69, 9.17) is 4.74 Å². The number of benzene rings is 1. The predicted molar refractivity (Wildman–Crippen MR) is 83.9 cm³/mol. The molecule has 1 aromatic rings. The molecule has 1 amide bonds. The standard InChI is InChI=1S/C17H24N2O4/c1-17(2,3)23-16(22)19-10-8-18(9-11-19)12-13-4-6-14(7-5-13)15(20)21/h4-7H,8-12H2,1-3H3,(H,20,21)/p-1. The highest BCUT2D eigenvalue weighted by Gasteiger charge is 2.25. The van der Waals surface area contributed by atoms with Crippen LogP contribution in [-0.2, 0) is 11.3 Å². The first-order chi connectivity index (χ1) is 10.7. The van der Waals surface area contributed by atoms with Crippen LogP contribution in [-0.4, -0.2) is 53.6 Å². The normalized spacial score (nSPS) is 16.2. The summed E-state index contributed by atoms with van der Waals surface area (Å²) < 4.78 is 5.37. The van der Waals surface area contributed by atoms with Gasteiger partial charge in [-0.25, -0.2) is 4.79 Å². The van der Waals surface area contributed by atoms with Gasteiger partial charge in [-0.05, 0) is 31.9 Å². The third-order valence-electron chi connectivity index (χ3n) is 3.62. The van der Waals surface area contributed by atoms with Gasteiger partial charge in [-0.2, -0.15) is 0 Å². The molecule has 0 aromatic heterocycles. The lowest BCUT2D eigenvalue weighted by atomic mass is 10.1. The van der Waals surface area contributed by atoms with Crippen LogP contribution in [0.2, 0.25) is 0 Å². The zero-order valence-corrected chi connectivity index (χ0v) is 13.9. The molecule has 1 saturated heterocycles. The summed E-state index contributed by atoms with van der Waals surface area (Å²) in [5.41, 5.74) is 0.749. The molecule has 0 N–H and O–H groups in total. The maximum absolute atomic E-state index is 12.0. The summed E-state index contributed by atoms with van der Waals surface area (Å²) in [5, 5.41) is 10.7. The minimum absolute atomic E-state index is 0.184. The number of carboxylic acids is 1. The van der Waals surface area contributed by atoms with Crippen molar-refractivity contribution in [2.45, 2.75) is 32.9 Å². The lowest BCUT2D eigenvalue weighted by Gasteiger charge is -2.35. The number of nitrogens with zero attached hydrogens (tertiary/aromatic N) is 2. The molecule has 23 heavy (non-hydrogen) atoms. The van der Waals surface area contributed by atoms with Crippen LogP contribution >= 0.6 is 0 Å². The van der Waals surface area contributed by atoms with E-state index in [0.29, 0.717) is 13.1 Å². The van der Waals surface area contributed by atoms with Gasteiger partial charge in [0.1, 0.15) is 5.60 Å². The number of piperazine rings is 1. The van der Waals surface area contributed by atoms with Crippen molar-refractivity contribution in [3.63, 3.8) is 0 Å². The summed E-state index contributed by atoms with van der Waals surface area (Å²) in [4.78, 5) is 26.7. The number of carbonyl (C=O) groups excluding carboxylic acids is 2. The molecule has 1 heterocycles. The number of ether oxygens (including phenoxy) is 1. The summed E-state index contributed by atoms with van der Waals surface area (Å²) in [5.74, 6) is -1.16. The molecule has 0 aliphatic carbocycles. The van der Waals surface area contributed by atoms with Crippen molar-refractivity contribution in [2.75, 3.05) is 26.2 Å². The van der Waals surface area contributed by atoms with E-state index < -0.39 is 11.6 Å². The molecule has 2 rings (SSSR count). The Kier molecular flexibility index (Phi) is 5.26. The van der Waals surface area contributed by atoms with Crippen molar-refractivity contribution in [2.24, 2.45) is 0 Å². The van der Waals surface area contributed by atoms with Crippen LogP contribution in [0.15, 0.2) is 24.3 Å². The van der Waals surface area contributed by atoms with Gasteiger partial charge in [-0.15, -0.1) is 0 Å². The Labute approximate surface area is 136 Å². The molecular weight excluding hydrogens is 296 g/mol. The molecule has 1 aromatic carbocycles. The summed E-state index contributed by atoms with van der Waals surface area (Å²) in [7, 11) is 0. The maximum atomic E-state index is 12.0. The second kappa shape index (κ2) is 7.00. The van der Waals surface area contributed by atoms with Gasteiger partial charge in [0, 0.05) is 32.7 Å². The first-order valence-corrected chi connectivity index (χ1v) is 7.75. The second-order valence-corrected chi connectivity index (χ2v) is 6.73. The molecule has 0 bridgehead atoms. The molecule has 1 aliphatic heterocycles. The van der Waals surface area contributed by atoms with Crippen LogP contribution in [0.3, 0.4) is 0 Å². The van der Waals surface area contributed by atoms with Gasteiger partial charge < -0.3 is 19.5 Å². The summed E-state index contributed by atoms with van der Waals surface area (Å²) in [6.07, 6.45) is -0.268. The first-order valence-electron chi connectivity index (χ1n) is 7.75. The van der Waals surface area contributed by atoms with Gasteiger partial charge in [-0.3, -0.25) is 4.90 Å². The fraction of sp³-hybridized carbons (Fsp3) is 0.529. The van der Waals surface area contributed by atoms with E-state index in [1.54, 1.807) is 29.2 Å². The second-order valence-electron chi connectivity index (χ2n) is 6.73. The van der Waals surface area contributed by atoms with Gasteiger partial charge in [-0.1, -0.05) is 24.3 Å². The molecule has 0 spiro atoms. The average Bonchev–Trinajstić information content (AvgIpc) is 2.46. The quantitative estimate of drug-likeness (QED) is 0.834. The smallest absolute Gasteiger partial charge is 0.410 e. The Hall–Kier alpha value is -2.08. The zero-order chi connectivity index (χ0) is 17.0.